The third kappa shape index (κ3) is 2.97. The van der Waals surface area contributed by atoms with Gasteiger partial charge in [-0.15, -0.1) is 0 Å². The summed E-state index contributed by atoms with van der Waals surface area (Å²) in [6, 6.07) is 0. The maximum Gasteiger partial charge on any atom is 0.242 e. The highest BCUT2D eigenvalue weighted by atomic mass is 16.5. The van der Waals surface area contributed by atoms with Gasteiger partial charge in [-0.05, 0) is 19.3 Å². The van der Waals surface area contributed by atoms with Crippen LogP contribution in [-0.4, -0.2) is 36.3 Å². The van der Waals surface area contributed by atoms with Gasteiger partial charge in [0.05, 0.1) is 13.2 Å². The molecule has 17 heavy (non-hydrogen) atoms. The summed E-state index contributed by atoms with van der Waals surface area (Å²) in [4.78, 5) is 8.01. The number of hydrogen-bond acceptors (Lipinski definition) is 6. The van der Waals surface area contributed by atoms with E-state index in [1.54, 1.807) is 0 Å². The SMILES string of the molecule is COc1ncnc(NCC2CCCCO2)c1N. The van der Waals surface area contributed by atoms with Crippen LogP contribution in [0, 0.1) is 0 Å². The average molecular weight is 238 g/mol. The Balaban J connectivity index is 1.93. The maximum absolute atomic E-state index is 5.86. The standard InChI is InChI=1S/C11H18N4O2/c1-16-11-9(12)10(14-7-15-11)13-6-8-4-2-3-5-17-8/h7-8H,2-6,12H2,1H3,(H,13,14,15). The van der Waals surface area contributed by atoms with Gasteiger partial charge in [0, 0.05) is 13.2 Å². The Morgan fingerprint density at radius 1 is 1.53 bits per heavy atom. The van der Waals surface area contributed by atoms with E-state index >= 15 is 0 Å². The van der Waals surface area contributed by atoms with Gasteiger partial charge < -0.3 is 20.5 Å². The molecule has 1 aliphatic rings. The molecule has 0 amide bonds. The number of nitrogen functional groups attached to an aromatic ring is 1. The van der Waals surface area contributed by atoms with Gasteiger partial charge >= 0.3 is 0 Å². The molecule has 0 saturated carbocycles. The monoisotopic (exact) mass is 238 g/mol. The van der Waals surface area contributed by atoms with Gasteiger partial charge in [-0.2, -0.15) is 4.98 Å². The van der Waals surface area contributed by atoms with Gasteiger partial charge in [0.25, 0.3) is 0 Å². The van der Waals surface area contributed by atoms with Crippen molar-refractivity contribution in [1.82, 2.24) is 9.97 Å². The zero-order chi connectivity index (χ0) is 12.1. The number of ether oxygens (including phenoxy) is 2. The average Bonchev–Trinajstić information content (AvgIpc) is 2.39. The topological polar surface area (TPSA) is 82.3 Å². The molecule has 0 bridgehead atoms. The van der Waals surface area contributed by atoms with Crippen molar-refractivity contribution >= 4 is 11.5 Å². The molecule has 1 aliphatic heterocycles. The van der Waals surface area contributed by atoms with E-state index in [1.165, 1.54) is 19.9 Å². The number of methoxy groups -OCH3 is 1. The highest BCUT2D eigenvalue weighted by molar-refractivity contribution is 5.66. The summed E-state index contributed by atoms with van der Waals surface area (Å²) in [5.41, 5.74) is 6.29. The molecule has 6 heteroatoms. The van der Waals surface area contributed by atoms with Gasteiger partial charge in [0.2, 0.25) is 5.88 Å². The minimum atomic E-state index is 0.240. The van der Waals surface area contributed by atoms with E-state index in [0.717, 1.165) is 19.4 Å². The smallest absolute Gasteiger partial charge is 0.242 e. The Labute approximate surface area is 101 Å². The lowest BCUT2D eigenvalue weighted by atomic mass is 10.1. The normalized spacial score (nSPS) is 19.9. The molecule has 0 radical (unpaired) electrons. The van der Waals surface area contributed by atoms with Gasteiger partial charge in [0.15, 0.2) is 5.82 Å². The highest BCUT2D eigenvalue weighted by Gasteiger charge is 2.15. The summed E-state index contributed by atoms with van der Waals surface area (Å²) in [5.74, 6) is 0.998. The van der Waals surface area contributed by atoms with Crippen LogP contribution in [0.25, 0.3) is 0 Å². The second kappa shape index (κ2) is 5.67. The zero-order valence-electron chi connectivity index (χ0n) is 9.98. The molecule has 2 heterocycles. The summed E-state index contributed by atoms with van der Waals surface area (Å²) < 4.78 is 10.6. The predicted molar refractivity (Wildman–Crippen MR) is 65.1 cm³/mol. The number of nitrogens with two attached hydrogens (primary N) is 1. The number of hydrogen-bond donors (Lipinski definition) is 2. The van der Waals surface area contributed by atoms with Crippen molar-refractivity contribution < 1.29 is 9.47 Å². The zero-order valence-corrected chi connectivity index (χ0v) is 9.98. The summed E-state index contributed by atoms with van der Waals surface area (Å²) >= 11 is 0. The first-order valence-corrected chi connectivity index (χ1v) is 5.81. The fourth-order valence-corrected chi connectivity index (χ4v) is 1.86. The molecule has 0 aromatic carbocycles. The van der Waals surface area contributed by atoms with Crippen LogP contribution in [0.3, 0.4) is 0 Å². The molecule has 1 aromatic rings. The lowest BCUT2D eigenvalue weighted by molar-refractivity contribution is 0.0247. The quantitative estimate of drug-likeness (QED) is 0.815. The number of nitrogens with one attached hydrogen (secondary N) is 1. The molecule has 1 unspecified atom stereocenters. The third-order valence-corrected chi connectivity index (χ3v) is 2.81. The first-order valence-electron chi connectivity index (χ1n) is 5.81. The molecule has 6 nitrogen and oxygen atoms in total. The fourth-order valence-electron chi connectivity index (χ4n) is 1.86. The van der Waals surface area contributed by atoms with Crippen LogP contribution in [0.5, 0.6) is 5.88 Å². The second-order valence-electron chi connectivity index (χ2n) is 4.01. The molecule has 1 saturated heterocycles. The lowest BCUT2D eigenvalue weighted by Crippen LogP contribution is -2.27. The van der Waals surface area contributed by atoms with Crippen molar-refractivity contribution in [2.24, 2.45) is 0 Å². The first kappa shape index (κ1) is 11.9. The van der Waals surface area contributed by atoms with Crippen molar-refractivity contribution in [1.29, 1.82) is 0 Å². The first-order chi connectivity index (χ1) is 8.31. The predicted octanol–water partition coefficient (Wildman–Crippen LogP) is 1.05. The molecule has 1 atom stereocenters. The number of aromatic nitrogens is 2. The van der Waals surface area contributed by atoms with Crippen LogP contribution in [0.15, 0.2) is 6.33 Å². The Bertz CT molecular complexity index is 366. The van der Waals surface area contributed by atoms with Gasteiger partial charge in [-0.1, -0.05) is 0 Å². The lowest BCUT2D eigenvalue weighted by Gasteiger charge is -2.23. The van der Waals surface area contributed by atoms with Crippen molar-refractivity contribution in [3.05, 3.63) is 6.33 Å². The summed E-state index contributed by atoms with van der Waals surface area (Å²) in [6.07, 6.45) is 5.12. The molecule has 3 N–H and O–H groups in total. The Morgan fingerprint density at radius 3 is 3.12 bits per heavy atom. The van der Waals surface area contributed by atoms with Crippen molar-refractivity contribution in [2.45, 2.75) is 25.4 Å². The number of rotatable bonds is 4. The molecule has 94 valence electrons. The van der Waals surface area contributed by atoms with Gasteiger partial charge in [-0.25, -0.2) is 4.98 Å². The highest BCUT2D eigenvalue weighted by Crippen LogP contribution is 2.24. The largest absolute Gasteiger partial charge is 0.479 e. The molecule has 1 fully saturated rings. The molecule has 0 spiro atoms. The molecule has 0 aliphatic carbocycles. The summed E-state index contributed by atoms with van der Waals surface area (Å²) in [7, 11) is 1.53. The van der Waals surface area contributed by atoms with Crippen molar-refractivity contribution in [2.75, 3.05) is 31.3 Å². The van der Waals surface area contributed by atoms with E-state index < -0.39 is 0 Å². The molecular weight excluding hydrogens is 220 g/mol. The Morgan fingerprint density at radius 2 is 2.41 bits per heavy atom. The maximum atomic E-state index is 5.86. The summed E-state index contributed by atoms with van der Waals surface area (Å²) in [5, 5.41) is 3.18. The number of anilines is 2. The molecule has 2 rings (SSSR count). The van der Waals surface area contributed by atoms with E-state index in [0.29, 0.717) is 23.9 Å². The van der Waals surface area contributed by atoms with Crippen LogP contribution in [0.4, 0.5) is 11.5 Å². The van der Waals surface area contributed by atoms with E-state index in [4.69, 9.17) is 15.2 Å². The fraction of sp³-hybridized carbons (Fsp3) is 0.636. The van der Waals surface area contributed by atoms with Gasteiger partial charge in [-0.3, -0.25) is 0 Å². The number of nitrogens with zero attached hydrogens (tertiary/aromatic N) is 2. The van der Waals surface area contributed by atoms with E-state index in [1.807, 2.05) is 0 Å². The third-order valence-electron chi connectivity index (χ3n) is 2.81. The summed E-state index contributed by atoms with van der Waals surface area (Å²) in [6.45, 7) is 1.55. The molecule has 1 aromatic heterocycles. The second-order valence-corrected chi connectivity index (χ2v) is 4.01. The minimum absolute atomic E-state index is 0.240. The van der Waals surface area contributed by atoms with E-state index in [2.05, 4.69) is 15.3 Å². The van der Waals surface area contributed by atoms with Gasteiger partial charge in [0.1, 0.15) is 12.0 Å². The van der Waals surface area contributed by atoms with Crippen molar-refractivity contribution in [3.8, 4) is 5.88 Å². The van der Waals surface area contributed by atoms with Crippen LogP contribution in [0.2, 0.25) is 0 Å². The Hall–Kier alpha value is -1.56. The van der Waals surface area contributed by atoms with E-state index in [-0.39, 0.29) is 6.10 Å². The van der Waals surface area contributed by atoms with Crippen molar-refractivity contribution in [3.63, 3.8) is 0 Å². The van der Waals surface area contributed by atoms with Crippen LogP contribution in [-0.2, 0) is 4.74 Å². The van der Waals surface area contributed by atoms with Crippen LogP contribution < -0.4 is 15.8 Å². The Kier molecular flexibility index (Phi) is 3.98. The molecular formula is C11H18N4O2. The van der Waals surface area contributed by atoms with E-state index in [9.17, 15) is 0 Å². The minimum Gasteiger partial charge on any atom is -0.479 e. The van der Waals surface area contributed by atoms with Crippen LogP contribution >= 0.6 is 0 Å². The van der Waals surface area contributed by atoms with Crippen LogP contribution in [0.1, 0.15) is 19.3 Å².